The third kappa shape index (κ3) is 5.85. The number of halogens is 4. The van der Waals surface area contributed by atoms with Crippen LogP contribution in [0.25, 0.3) is 0 Å². The van der Waals surface area contributed by atoms with E-state index in [9.17, 15) is 22.4 Å². The van der Waals surface area contributed by atoms with Crippen LogP contribution in [0.1, 0.15) is 22.3 Å². The van der Waals surface area contributed by atoms with Gasteiger partial charge in [-0.25, -0.2) is 4.39 Å². The maximum atomic E-state index is 13.8. The van der Waals surface area contributed by atoms with Gasteiger partial charge in [0.15, 0.2) is 6.61 Å². The normalized spacial score (nSPS) is 11.1. The molecule has 0 aliphatic heterocycles. The molecule has 33 heavy (non-hydrogen) atoms. The Balaban J connectivity index is 1.81. The molecule has 0 spiro atoms. The topological polar surface area (TPSA) is 87.1 Å². The van der Waals surface area contributed by atoms with E-state index in [4.69, 9.17) is 10.1 Å². The Labute approximate surface area is 187 Å². The van der Waals surface area contributed by atoms with E-state index in [1.807, 2.05) is 0 Å². The number of hydrogen-bond acceptors (Lipinski definition) is 5. The summed E-state index contributed by atoms with van der Waals surface area (Å²) in [6.07, 6.45) is -4.81. The summed E-state index contributed by atoms with van der Waals surface area (Å²) in [5.41, 5.74) is -1.40. The molecule has 1 amide bonds. The van der Waals surface area contributed by atoms with Crippen molar-refractivity contribution < 1.29 is 27.1 Å². The number of carbonyl (C=O) groups is 1. The van der Waals surface area contributed by atoms with Crippen molar-refractivity contribution in [1.29, 1.82) is 5.41 Å². The van der Waals surface area contributed by atoms with Crippen molar-refractivity contribution >= 4 is 17.4 Å². The van der Waals surface area contributed by atoms with E-state index >= 15 is 0 Å². The number of hydrogen-bond donors (Lipinski definition) is 3. The summed E-state index contributed by atoms with van der Waals surface area (Å²) >= 11 is 0. The average Bonchev–Trinajstić information content (AvgIpc) is 2.81. The summed E-state index contributed by atoms with van der Waals surface area (Å²) in [6.45, 7) is -0.734. The summed E-state index contributed by atoms with van der Waals surface area (Å²) in [4.78, 5) is 16.0. The number of rotatable bonds is 8. The highest BCUT2D eigenvalue weighted by molar-refractivity contribution is 6.14. The van der Waals surface area contributed by atoms with Gasteiger partial charge in [-0.1, -0.05) is 48.5 Å². The van der Waals surface area contributed by atoms with E-state index in [1.54, 1.807) is 24.3 Å². The fraction of sp³-hybridized carbons (Fsp3) is 0.174. The molecule has 1 heterocycles. The van der Waals surface area contributed by atoms with Crippen LogP contribution in [0.4, 0.5) is 23.4 Å². The monoisotopic (exact) mass is 460 g/mol. The lowest BCUT2D eigenvalue weighted by molar-refractivity contribution is -0.137. The highest BCUT2D eigenvalue weighted by Crippen LogP contribution is 2.37. The smallest absolute Gasteiger partial charge is 0.417 e. The molecule has 0 saturated heterocycles. The van der Waals surface area contributed by atoms with E-state index in [-0.39, 0.29) is 29.2 Å². The second-order valence-corrected chi connectivity index (χ2v) is 6.88. The molecule has 0 bridgehead atoms. The highest BCUT2D eigenvalue weighted by Gasteiger charge is 2.37. The number of amides is 1. The third-order valence-corrected chi connectivity index (χ3v) is 4.64. The molecule has 0 saturated carbocycles. The molecule has 0 fully saturated rings. The fourth-order valence-corrected chi connectivity index (χ4v) is 3.03. The molecule has 3 N–H and O–H groups in total. The van der Waals surface area contributed by atoms with Crippen LogP contribution in [-0.4, -0.2) is 30.3 Å². The van der Waals surface area contributed by atoms with Crippen LogP contribution < -0.4 is 15.4 Å². The summed E-state index contributed by atoms with van der Waals surface area (Å²) in [5.74, 6) is -1.83. The lowest BCUT2D eigenvalue weighted by Crippen LogP contribution is -2.29. The number of pyridine rings is 1. The van der Waals surface area contributed by atoms with Crippen LogP contribution in [0.15, 0.2) is 60.7 Å². The van der Waals surface area contributed by atoms with E-state index in [0.29, 0.717) is 6.07 Å². The van der Waals surface area contributed by atoms with Gasteiger partial charge in [0.2, 0.25) is 5.88 Å². The van der Waals surface area contributed by atoms with Gasteiger partial charge < -0.3 is 15.4 Å². The van der Waals surface area contributed by atoms with Gasteiger partial charge in [0.05, 0.1) is 16.8 Å². The molecule has 0 radical (unpaired) electrons. The van der Waals surface area contributed by atoms with Gasteiger partial charge in [0.1, 0.15) is 11.6 Å². The summed E-state index contributed by atoms with van der Waals surface area (Å²) in [5, 5.41) is 13.3. The quantitative estimate of drug-likeness (QED) is 0.344. The molecule has 6 nitrogen and oxygen atoms in total. The van der Waals surface area contributed by atoms with Crippen LogP contribution in [0, 0.1) is 11.2 Å². The minimum atomic E-state index is -4.81. The van der Waals surface area contributed by atoms with Crippen molar-refractivity contribution in [3.05, 3.63) is 88.7 Å². The number of carbonyl (C=O) groups excluding carboxylic acids is 1. The van der Waals surface area contributed by atoms with Crippen molar-refractivity contribution in [2.75, 3.05) is 19.0 Å². The first-order valence-corrected chi connectivity index (χ1v) is 9.78. The highest BCUT2D eigenvalue weighted by atomic mass is 19.4. The minimum absolute atomic E-state index is 0.106. The molecule has 0 unspecified atom stereocenters. The number of ether oxygens (including phenoxy) is 1. The van der Waals surface area contributed by atoms with Crippen molar-refractivity contribution in [3.63, 3.8) is 0 Å². The Morgan fingerprint density at radius 2 is 1.76 bits per heavy atom. The van der Waals surface area contributed by atoms with E-state index in [0.717, 1.165) is 0 Å². The largest absolute Gasteiger partial charge is 0.467 e. The molecule has 10 heteroatoms. The summed E-state index contributed by atoms with van der Waals surface area (Å²) in [7, 11) is 1.37. The molecule has 0 aliphatic carbocycles. The second-order valence-electron chi connectivity index (χ2n) is 6.88. The zero-order chi connectivity index (χ0) is 24.0. The lowest BCUT2D eigenvalue weighted by Gasteiger charge is -2.19. The van der Waals surface area contributed by atoms with Crippen molar-refractivity contribution in [1.82, 2.24) is 10.3 Å². The van der Waals surface area contributed by atoms with Gasteiger partial charge in [0, 0.05) is 30.8 Å². The standard InChI is InChI=1S/C23H20F4N4O2/c1-29-22-20(21(28)14-7-3-2-4-8-14)16(23(25,26)27)11-19(31-22)33-13-18(32)30-12-15-9-5-6-10-17(15)24/h2-11,28H,12-13H2,1H3,(H,29,31)(H,30,32). The number of anilines is 1. The maximum absolute atomic E-state index is 13.8. The summed E-state index contributed by atoms with van der Waals surface area (Å²) < 4.78 is 60.3. The number of aromatic nitrogens is 1. The Morgan fingerprint density at radius 1 is 1.09 bits per heavy atom. The molecule has 1 aromatic heterocycles. The molecule has 2 aromatic carbocycles. The predicted molar refractivity (Wildman–Crippen MR) is 115 cm³/mol. The fourth-order valence-electron chi connectivity index (χ4n) is 3.03. The number of alkyl halides is 3. The van der Waals surface area contributed by atoms with Crippen LogP contribution in [0.5, 0.6) is 5.88 Å². The van der Waals surface area contributed by atoms with Gasteiger partial charge in [-0.3, -0.25) is 10.2 Å². The van der Waals surface area contributed by atoms with Gasteiger partial charge in [-0.05, 0) is 6.07 Å². The van der Waals surface area contributed by atoms with E-state index in [1.165, 1.54) is 37.4 Å². The SMILES string of the molecule is CNc1nc(OCC(=O)NCc2ccccc2F)cc(C(F)(F)F)c1C(=N)c1ccccc1. The number of nitrogens with zero attached hydrogens (tertiary/aromatic N) is 1. The Bertz CT molecular complexity index is 1150. The van der Waals surface area contributed by atoms with Crippen LogP contribution in [0.3, 0.4) is 0 Å². The Hall–Kier alpha value is -3.95. The zero-order valence-electron chi connectivity index (χ0n) is 17.5. The second kappa shape index (κ2) is 10.1. The van der Waals surface area contributed by atoms with Crippen molar-refractivity contribution in [2.45, 2.75) is 12.7 Å². The lowest BCUT2D eigenvalue weighted by atomic mass is 9.98. The third-order valence-electron chi connectivity index (χ3n) is 4.64. The number of nitrogens with one attached hydrogen (secondary N) is 3. The maximum Gasteiger partial charge on any atom is 0.417 e. The zero-order valence-corrected chi connectivity index (χ0v) is 17.5. The first-order chi connectivity index (χ1) is 15.7. The number of benzene rings is 2. The van der Waals surface area contributed by atoms with Gasteiger partial charge >= 0.3 is 6.18 Å². The molecule has 0 atom stereocenters. The molecular weight excluding hydrogens is 440 g/mol. The molecule has 3 aromatic rings. The molecule has 172 valence electrons. The van der Waals surface area contributed by atoms with Crippen LogP contribution in [-0.2, 0) is 17.5 Å². The van der Waals surface area contributed by atoms with Crippen molar-refractivity contribution in [3.8, 4) is 5.88 Å². The van der Waals surface area contributed by atoms with Gasteiger partial charge in [0.25, 0.3) is 5.91 Å². The average molecular weight is 460 g/mol. The van der Waals surface area contributed by atoms with Crippen molar-refractivity contribution in [2.24, 2.45) is 0 Å². The van der Waals surface area contributed by atoms with E-state index in [2.05, 4.69) is 15.6 Å². The van der Waals surface area contributed by atoms with Gasteiger partial charge in [-0.2, -0.15) is 18.2 Å². The minimum Gasteiger partial charge on any atom is -0.467 e. The first-order valence-electron chi connectivity index (χ1n) is 9.78. The Kier molecular flexibility index (Phi) is 7.27. The van der Waals surface area contributed by atoms with Crippen LogP contribution >= 0.6 is 0 Å². The van der Waals surface area contributed by atoms with Crippen LogP contribution in [0.2, 0.25) is 0 Å². The molecular formula is C23H20F4N4O2. The van der Waals surface area contributed by atoms with Gasteiger partial charge in [-0.15, -0.1) is 0 Å². The van der Waals surface area contributed by atoms with E-state index < -0.39 is 41.5 Å². The predicted octanol–water partition coefficient (Wildman–Crippen LogP) is 4.39. The summed E-state index contributed by atoms with van der Waals surface area (Å²) in [6, 6.07) is 14.5. The Morgan fingerprint density at radius 3 is 2.39 bits per heavy atom. The molecule has 3 rings (SSSR count). The first kappa shape index (κ1) is 23.7. The molecule has 0 aliphatic rings.